The molecule has 7 rings (SSSR count). The first kappa shape index (κ1) is 30.7. The van der Waals surface area contributed by atoms with E-state index in [1.807, 2.05) is 63.6 Å². The molecule has 0 radical (unpaired) electrons. The number of fused-ring (bicyclic) bond motifs is 3. The van der Waals surface area contributed by atoms with Crippen LogP contribution in [-0.2, 0) is 30.8 Å². The number of likely N-dealkylation sites (tertiary alicyclic amines) is 1. The molecule has 0 unspecified atom stereocenters. The number of carbonyl (C=O) groups excluding carboxylic acids is 1. The fourth-order valence-electron chi connectivity index (χ4n) is 6.80. The van der Waals surface area contributed by atoms with Crippen LogP contribution in [0.4, 0.5) is 11.5 Å². The normalized spacial score (nSPS) is 20.1. The van der Waals surface area contributed by atoms with Crippen LogP contribution in [0.3, 0.4) is 0 Å². The van der Waals surface area contributed by atoms with Crippen LogP contribution in [0.15, 0.2) is 42.9 Å². The van der Waals surface area contributed by atoms with Crippen molar-refractivity contribution < 1.29 is 14.3 Å². The summed E-state index contributed by atoms with van der Waals surface area (Å²) < 4.78 is 14.5. The van der Waals surface area contributed by atoms with Crippen LogP contribution >= 0.6 is 11.6 Å². The minimum Gasteiger partial charge on any atom is -0.462 e. The molecule has 2 atom stereocenters. The Morgan fingerprint density at radius 2 is 1.98 bits per heavy atom. The van der Waals surface area contributed by atoms with E-state index in [0.29, 0.717) is 36.0 Å². The van der Waals surface area contributed by atoms with Gasteiger partial charge in [0.25, 0.3) is 0 Å². The summed E-state index contributed by atoms with van der Waals surface area (Å²) in [5.41, 5.74) is 3.53. The zero-order valence-electron chi connectivity index (χ0n) is 27.3. The van der Waals surface area contributed by atoms with Crippen LogP contribution < -0.4 is 19.3 Å². The van der Waals surface area contributed by atoms with Gasteiger partial charge < -0.3 is 28.7 Å². The first-order valence-corrected chi connectivity index (χ1v) is 16.6. The Hall–Kier alpha value is -3.89. The van der Waals surface area contributed by atoms with Crippen molar-refractivity contribution in [1.29, 1.82) is 0 Å². The SMILES string of the molecule is C[C@@H]1Cn2cncc2CN1c1nc(OC[C@@H]2CCCN2C)nc2c1CCN(c1cc(OC(=O)C(C)(C)C)cc3cccc(Cl)c13)C2. The average molecular weight is 644 g/mol. The van der Waals surface area contributed by atoms with E-state index in [1.165, 1.54) is 12.1 Å². The largest absolute Gasteiger partial charge is 0.462 e. The Balaban J connectivity index is 1.27. The zero-order valence-corrected chi connectivity index (χ0v) is 28.0. The van der Waals surface area contributed by atoms with Crippen molar-refractivity contribution in [3.8, 4) is 11.8 Å². The van der Waals surface area contributed by atoms with E-state index >= 15 is 0 Å². The number of likely N-dealkylation sites (N-methyl/N-ethyl adjacent to an activating group) is 1. The van der Waals surface area contributed by atoms with Gasteiger partial charge in [-0.3, -0.25) is 4.79 Å². The number of hydrogen-bond acceptors (Lipinski definition) is 9. The van der Waals surface area contributed by atoms with E-state index in [-0.39, 0.29) is 12.0 Å². The molecule has 10 nitrogen and oxygen atoms in total. The van der Waals surface area contributed by atoms with Gasteiger partial charge in [0.05, 0.1) is 46.9 Å². The molecule has 0 bridgehead atoms. The summed E-state index contributed by atoms with van der Waals surface area (Å²) in [7, 11) is 2.15. The maximum Gasteiger partial charge on any atom is 0.318 e. The summed E-state index contributed by atoms with van der Waals surface area (Å²) in [5.74, 6) is 1.16. The van der Waals surface area contributed by atoms with Crippen LogP contribution in [0.25, 0.3) is 10.8 Å². The molecule has 1 fully saturated rings. The third kappa shape index (κ3) is 5.88. The maximum atomic E-state index is 12.9. The number of carbonyl (C=O) groups is 1. The van der Waals surface area contributed by atoms with E-state index in [1.54, 1.807) is 0 Å². The fraction of sp³-hybridized carbons (Fsp3) is 0.486. The van der Waals surface area contributed by atoms with Crippen LogP contribution in [0, 0.1) is 5.41 Å². The van der Waals surface area contributed by atoms with E-state index in [4.69, 9.17) is 31.0 Å². The molecule has 0 saturated carbocycles. The molecule has 0 spiro atoms. The van der Waals surface area contributed by atoms with Gasteiger partial charge >= 0.3 is 12.0 Å². The molecule has 4 aromatic rings. The van der Waals surface area contributed by atoms with Crippen LogP contribution in [0.5, 0.6) is 11.8 Å². The van der Waals surface area contributed by atoms with Gasteiger partial charge in [0.1, 0.15) is 18.2 Å². The van der Waals surface area contributed by atoms with E-state index in [2.05, 4.69) is 38.2 Å². The van der Waals surface area contributed by atoms with Gasteiger partial charge in [-0.25, -0.2) is 4.98 Å². The summed E-state index contributed by atoms with van der Waals surface area (Å²) >= 11 is 6.83. The Labute approximate surface area is 275 Å². The monoisotopic (exact) mass is 643 g/mol. The molecule has 0 aliphatic carbocycles. The predicted molar refractivity (Wildman–Crippen MR) is 180 cm³/mol. The number of anilines is 2. The van der Waals surface area contributed by atoms with Crippen molar-refractivity contribution in [3.63, 3.8) is 0 Å². The number of hydrogen-bond donors (Lipinski definition) is 0. The lowest BCUT2D eigenvalue weighted by atomic mass is 9.97. The number of aromatic nitrogens is 4. The van der Waals surface area contributed by atoms with Gasteiger partial charge in [-0.05, 0) is 78.1 Å². The van der Waals surface area contributed by atoms with Crippen molar-refractivity contribution in [2.75, 3.05) is 36.5 Å². The second kappa shape index (κ2) is 12.0. The van der Waals surface area contributed by atoms with Crippen LogP contribution in [0.2, 0.25) is 5.02 Å². The van der Waals surface area contributed by atoms with Crippen molar-refractivity contribution in [3.05, 3.63) is 64.8 Å². The highest BCUT2D eigenvalue weighted by Crippen LogP contribution is 2.40. The lowest BCUT2D eigenvalue weighted by Crippen LogP contribution is -2.43. The predicted octanol–water partition coefficient (Wildman–Crippen LogP) is 5.88. The highest BCUT2D eigenvalue weighted by molar-refractivity contribution is 6.36. The molecular weight excluding hydrogens is 602 g/mol. The number of benzene rings is 2. The lowest BCUT2D eigenvalue weighted by Gasteiger charge is -2.39. The van der Waals surface area contributed by atoms with Gasteiger partial charge in [0, 0.05) is 48.4 Å². The standard InChI is InChI=1S/C35H42ClN7O3/c1-22-17-42-21-37-16-25(42)18-43(22)32-27-11-13-41(19-29(27)38-34(39-32)45-20-24-9-7-12-40(24)5)30-15-26(46-33(44)35(2,3)4)14-23-8-6-10-28(36)31(23)30/h6,8,10,14-16,21-22,24H,7,9,11-13,17-20H2,1-5H3/t22-,24+/m1/s1. The van der Waals surface area contributed by atoms with Gasteiger partial charge in [0.2, 0.25) is 0 Å². The van der Waals surface area contributed by atoms with Crippen LogP contribution in [-0.4, -0.2) is 69.2 Å². The minimum atomic E-state index is -0.631. The molecule has 5 heterocycles. The number of halogens is 1. The molecule has 3 aliphatic heterocycles. The number of esters is 1. The zero-order chi connectivity index (χ0) is 32.2. The molecule has 2 aromatic carbocycles. The minimum absolute atomic E-state index is 0.226. The van der Waals surface area contributed by atoms with Crippen molar-refractivity contribution in [1.82, 2.24) is 24.4 Å². The molecule has 0 N–H and O–H groups in total. The highest BCUT2D eigenvalue weighted by atomic mass is 35.5. The van der Waals surface area contributed by atoms with Gasteiger partial charge in [-0.1, -0.05) is 23.7 Å². The second-order valence-corrected chi connectivity index (χ2v) is 14.4. The van der Waals surface area contributed by atoms with Gasteiger partial charge in [-0.15, -0.1) is 0 Å². The Morgan fingerprint density at radius 1 is 1.13 bits per heavy atom. The first-order chi connectivity index (χ1) is 22.0. The summed E-state index contributed by atoms with van der Waals surface area (Å²) in [6.45, 7) is 12.3. The fourth-order valence-corrected chi connectivity index (χ4v) is 7.08. The molecule has 3 aliphatic rings. The van der Waals surface area contributed by atoms with Crippen molar-refractivity contribution in [2.24, 2.45) is 5.41 Å². The summed E-state index contributed by atoms with van der Waals surface area (Å²) in [6.07, 6.45) is 6.88. The number of nitrogens with zero attached hydrogens (tertiary/aromatic N) is 7. The first-order valence-electron chi connectivity index (χ1n) is 16.2. The topological polar surface area (TPSA) is 88.9 Å². The van der Waals surface area contributed by atoms with Crippen molar-refractivity contribution >= 4 is 39.8 Å². The average Bonchev–Trinajstić information content (AvgIpc) is 3.65. The quantitative estimate of drug-likeness (QED) is 0.189. The molecule has 2 aromatic heterocycles. The summed E-state index contributed by atoms with van der Waals surface area (Å²) in [6, 6.07) is 10.7. The third-order valence-electron chi connectivity index (χ3n) is 9.54. The molecular formula is C35H42ClN7O3. The van der Waals surface area contributed by atoms with Gasteiger partial charge in [-0.2, -0.15) is 9.97 Å². The third-order valence-corrected chi connectivity index (χ3v) is 9.85. The number of rotatable bonds is 6. The Bertz CT molecular complexity index is 1780. The summed E-state index contributed by atoms with van der Waals surface area (Å²) in [5, 5.41) is 2.49. The maximum absolute atomic E-state index is 12.9. The summed E-state index contributed by atoms with van der Waals surface area (Å²) in [4.78, 5) is 34.4. The van der Waals surface area contributed by atoms with E-state index in [9.17, 15) is 4.79 Å². The number of imidazole rings is 1. The van der Waals surface area contributed by atoms with E-state index < -0.39 is 5.41 Å². The molecule has 242 valence electrons. The van der Waals surface area contributed by atoms with Gasteiger partial charge in [0.15, 0.2) is 0 Å². The highest BCUT2D eigenvalue weighted by Gasteiger charge is 2.32. The van der Waals surface area contributed by atoms with Crippen LogP contribution in [0.1, 0.15) is 57.5 Å². The van der Waals surface area contributed by atoms with E-state index in [0.717, 1.165) is 72.6 Å². The molecule has 1 saturated heterocycles. The lowest BCUT2D eigenvalue weighted by molar-refractivity contribution is -0.142. The Morgan fingerprint density at radius 3 is 2.76 bits per heavy atom. The van der Waals surface area contributed by atoms with Crippen molar-refractivity contribution in [2.45, 2.75) is 78.7 Å². The molecule has 46 heavy (non-hydrogen) atoms. The molecule has 11 heteroatoms. The number of ether oxygens (including phenoxy) is 2. The Kier molecular flexibility index (Phi) is 8.05. The molecule has 0 amide bonds. The second-order valence-electron chi connectivity index (χ2n) is 13.9. The smallest absolute Gasteiger partial charge is 0.318 e.